The summed E-state index contributed by atoms with van der Waals surface area (Å²) in [6.07, 6.45) is -4.40. The molecule has 0 saturated carbocycles. The number of aliphatic imine (C=N–C) groups is 2. The summed E-state index contributed by atoms with van der Waals surface area (Å²) in [5, 5.41) is 43.4. The molecule has 68 heavy (non-hydrogen) atoms. The standard InChI is InChI=1S/C35H61N17O15S/c36-14(12-53)26(59)46-15(3-1-7-44-34(40)41)27(60)49-18(9-23(38)55)29(62)47-16(4-2-8-45-35(42)43)28(61)52-21(13-68)32(65)50-19(10-24(39)56)30(63)51-20(11-25(57)58)31(64)48-17(33(66)67)5-6-22(37)54/h14-21,53,68H,1-13,36H2,(H2,37,54)(H2,38,55)(H2,39,56)(H,46,59)(H,47,62)(H,48,64)(H,49,60)(H,50,65)(H,51,63)(H,52,61)(H,57,58)(H,66,67)(H4,40,41,44)(H4,42,43,45)/t14-,15-,16-,17-,18-,19-,20-,21-/m0/s1. The lowest BCUT2D eigenvalue weighted by molar-refractivity contribution is -0.144. The maximum atomic E-state index is 13.8. The van der Waals surface area contributed by atoms with Gasteiger partial charge in [-0.15, -0.1) is 0 Å². The van der Waals surface area contributed by atoms with Crippen molar-refractivity contribution in [1.82, 2.24) is 37.2 Å². The van der Waals surface area contributed by atoms with E-state index in [4.69, 9.17) is 45.9 Å². The van der Waals surface area contributed by atoms with E-state index in [9.17, 15) is 72.9 Å². The molecule has 0 aromatic rings. The first kappa shape index (κ1) is 60.5. The third-order valence-corrected chi connectivity index (χ3v) is 9.25. The molecule has 0 radical (unpaired) electrons. The summed E-state index contributed by atoms with van der Waals surface area (Å²) in [5.74, 6) is -16.0. The van der Waals surface area contributed by atoms with Gasteiger partial charge < -0.3 is 98.4 Å². The number of guanidine groups is 2. The third kappa shape index (κ3) is 25.2. The second-order valence-electron chi connectivity index (χ2n) is 14.6. The van der Waals surface area contributed by atoms with Gasteiger partial charge in [-0.25, -0.2) is 4.79 Å². The number of carboxylic acids is 2. The number of thiol groups is 1. The molecule has 0 saturated heterocycles. The van der Waals surface area contributed by atoms with Gasteiger partial charge in [-0.05, 0) is 32.1 Å². The Morgan fingerprint density at radius 3 is 1.13 bits per heavy atom. The highest BCUT2D eigenvalue weighted by molar-refractivity contribution is 7.80. The molecule has 33 heteroatoms. The van der Waals surface area contributed by atoms with Gasteiger partial charge in [-0.3, -0.25) is 62.7 Å². The molecule has 0 rings (SSSR count). The number of rotatable bonds is 34. The van der Waals surface area contributed by atoms with Gasteiger partial charge in [0.1, 0.15) is 48.3 Å². The van der Waals surface area contributed by atoms with Gasteiger partial charge in [0, 0.05) is 25.3 Å². The van der Waals surface area contributed by atoms with Gasteiger partial charge in [-0.1, -0.05) is 0 Å². The highest BCUT2D eigenvalue weighted by Crippen LogP contribution is 2.07. The average Bonchev–Trinajstić information content (AvgIpc) is 3.23. The Hall–Kier alpha value is -7.55. The first-order chi connectivity index (χ1) is 31.7. The van der Waals surface area contributed by atoms with Crippen LogP contribution in [0.25, 0.3) is 0 Å². The summed E-state index contributed by atoms with van der Waals surface area (Å²) in [4.78, 5) is 159. The summed E-state index contributed by atoms with van der Waals surface area (Å²) >= 11 is 4.06. The molecule has 0 aromatic carbocycles. The van der Waals surface area contributed by atoms with Crippen LogP contribution in [0.5, 0.6) is 0 Å². The molecule has 0 bridgehead atoms. The second-order valence-corrected chi connectivity index (χ2v) is 14.9. The van der Waals surface area contributed by atoms with Crippen LogP contribution in [0.2, 0.25) is 0 Å². The predicted molar refractivity (Wildman–Crippen MR) is 238 cm³/mol. The number of carbonyl (C=O) groups excluding carboxylic acids is 10. The zero-order valence-corrected chi connectivity index (χ0v) is 37.4. The molecule has 0 fully saturated rings. The van der Waals surface area contributed by atoms with E-state index in [1.54, 1.807) is 0 Å². The molecule has 0 unspecified atom stereocenters. The number of primary amides is 3. The number of aliphatic carboxylic acids is 2. The topological polar surface area (TPSA) is 583 Å². The van der Waals surface area contributed by atoms with Crippen LogP contribution in [0.4, 0.5) is 0 Å². The smallest absolute Gasteiger partial charge is 0.326 e. The second kappa shape index (κ2) is 31.4. The molecule has 32 nitrogen and oxygen atoms in total. The number of carbonyl (C=O) groups is 12. The minimum atomic E-state index is -2.03. The molecule has 382 valence electrons. The van der Waals surface area contributed by atoms with Gasteiger partial charge in [0.25, 0.3) is 0 Å². The van der Waals surface area contributed by atoms with E-state index in [0.29, 0.717) is 0 Å². The van der Waals surface area contributed by atoms with E-state index in [1.807, 2.05) is 10.6 Å². The molecule has 0 heterocycles. The minimum Gasteiger partial charge on any atom is -0.481 e. The third-order valence-electron chi connectivity index (χ3n) is 8.89. The Morgan fingerprint density at radius 2 is 0.794 bits per heavy atom. The Morgan fingerprint density at radius 1 is 0.456 bits per heavy atom. The number of nitrogens with zero attached hydrogens (tertiary/aromatic N) is 2. The molecule has 8 atom stereocenters. The number of hydrogen-bond acceptors (Lipinski definition) is 17. The Labute approximate surface area is 392 Å². The lowest BCUT2D eigenvalue weighted by atomic mass is 10.1. The number of carboxylic acid groups (broad SMARTS) is 2. The number of nitrogens with two attached hydrogens (primary N) is 8. The molecular weight excluding hydrogens is 931 g/mol. The maximum Gasteiger partial charge on any atom is 0.326 e. The zero-order chi connectivity index (χ0) is 52.3. The van der Waals surface area contributed by atoms with E-state index in [2.05, 4.69) is 49.2 Å². The van der Waals surface area contributed by atoms with E-state index in [0.717, 1.165) is 0 Å². The summed E-state index contributed by atoms with van der Waals surface area (Å²) in [5.41, 5.74) is 42.6. The van der Waals surface area contributed by atoms with E-state index < -0.39 is 164 Å². The lowest BCUT2D eigenvalue weighted by Crippen LogP contribution is -2.61. The fourth-order valence-electron chi connectivity index (χ4n) is 5.48. The van der Waals surface area contributed by atoms with Crippen LogP contribution in [0, 0.1) is 0 Å². The summed E-state index contributed by atoms with van der Waals surface area (Å²) in [7, 11) is 0. The summed E-state index contributed by atoms with van der Waals surface area (Å²) < 4.78 is 0. The van der Waals surface area contributed by atoms with Crippen molar-refractivity contribution >= 4 is 95.6 Å². The number of amides is 10. The average molecular weight is 992 g/mol. The van der Waals surface area contributed by atoms with E-state index in [-0.39, 0.29) is 50.7 Å². The molecule has 0 aliphatic rings. The Kier molecular flexibility index (Phi) is 27.9. The van der Waals surface area contributed by atoms with Gasteiger partial charge in [0.15, 0.2) is 11.9 Å². The van der Waals surface area contributed by atoms with Gasteiger partial charge in [0.05, 0.1) is 25.9 Å². The van der Waals surface area contributed by atoms with Crippen LogP contribution < -0.4 is 83.1 Å². The Balaban J connectivity index is 6.58. The van der Waals surface area contributed by atoms with Gasteiger partial charge >= 0.3 is 11.9 Å². The number of aliphatic hydroxyl groups excluding tert-OH is 1. The van der Waals surface area contributed by atoms with Crippen molar-refractivity contribution in [2.24, 2.45) is 55.9 Å². The quantitative estimate of drug-likeness (QED) is 0.0123. The number of aliphatic hydroxyl groups is 1. The fourth-order valence-corrected chi connectivity index (χ4v) is 5.74. The fraction of sp³-hybridized carbons (Fsp3) is 0.600. The maximum absolute atomic E-state index is 13.8. The summed E-state index contributed by atoms with van der Waals surface area (Å²) in [6.45, 7) is -0.918. The van der Waals surface area contributed by atoms with Crippen LogP contribution in [0.15, 0.2) is 9.98 Å². The predicted octanol–water partition coefficient (Wildman–Crippen LogP) is -10.7. The SMILES string of the molecule is NC(=O)CC[C@H](NC(=O)[C@H](CC(=O)O)NC(=O)[C@H](CC(N)=O)NC(=O)[C@H](CS)NC(=O)[C@H](CCCN=C(N)N)NC(=O)[C@H](CC(N)=O)NC(=O)[C@H](CCCN=C(N)N)NC(=O)[C@@H](N)CO)C(=O)O. The zero-order valence-electron chi connectivity index (χ0n) is 36.5. The monoisotopic (exact) mass is 991 g/mol. The van der Waals surface area contributed by atoms with Crippen molar-refractivity contribution in [2.45, 2.75) is 106 Å². The summed E-state index contributed by atoms with van der Waals surface area (Å²) in [6, 6.07) is -13.8. The highest BCUT2D eigenvalue weighted by Gasteiger charge is 2.35. The first-order valence-electron chi connectivity index (χ1n) is 20.2. The normalized spacial score (nSPS) is 14.2. The molecule has 26 N–H and O–H groups in total. The number of nitrogens with one attached hydrogen (secondary N) is 7. The van der Waals surface area contributed by atoms with Crippen LogP contribution >= 0.6 is 12.6 Å². The van der Waals surface area contributed by atoms with Crippen molar-refractivity contribution in [2.75, 3.05) is 25.4 Å². The molecule has 0 aliphatic carbocycles. The lowest BCUT2D eigenvalue weighted by Gasteiger charge is -2.27. The van der Waals surface area contributed by atoms with Crippen molar-refractivity contribution in [1.29, 1.82) is 0 Å². The largest absolute Gasteiger partial charge is 0.481 e. The Bertz CT molecular complexity index is 1900. The molecule has 0 aromatic heterocycles. The van der Waals surface area contributed by atoms with Crippen LogP contribution in [-0.2, 0) is 57.5 Å². The highest BCUT2D eigenvalue weighted by atomic mass is 32.1. The molecule has 10 amide bonds. The van der Waals surface area contributed by atoms with Crippen molar-refractivity contribution in [3.63, 3.8) is 0 Å². The van der Waals surface area contributed by atoms with E-state index in [1.165, 1.54) is 0 Å². The van der Waals surface area contributed by atoms with Crippen molar-refractivity contribution in [3.05, 3.63) is 0 Å². The van der Waals surface area contributed by atoms with Gasteiger partial charge in [-0.2, -0.15) is 12.6 Å². The van der Waals surface area contributed by atoms with Crippen LogP contribution in [-0.4, -0.2) is 172 Å². The van der Waals surface area contributed by atoms with Crippen LogP contribution in [0.3, 0.4) is 0 Å². The molecule has 0 aliphatic heterocycles. The van der Waals surface area contributed by atoms with E-state index >= 15 is 0 Å². The van der Waals surface area contributed by atoms with Crippen LogP contribution in [0.1, 0.15) is 57.8 Å². The molecular formula is C35H61N17O15S. The number of hydrogen-bond donors (Lipinski definition) is 19. The first-order valence-corrected chi connectivity index (χ1v) is 20.9. The molecule has 0 spiro atoms. The minimum absolute atomic E-state index is 0.00943. The van der Waals surface area contributed by atoms with Gasteiger partial charge in [0.2, 0.25) is 59.1 Å². The van der Waals surface area contributed by atoms with Crippen molar-refractivity contribution in [3.8, 4) is 0 Å². The van der Waals surface area contributed by atoms with Crippen molar-refractivity contribution < 1.29 is 72.9 Å².